The van der Waals surface area contributed by atoms with Gasteiger partial charge < -0.3 is 13.9 Å². The summed E-state index contributed by atoms with van der Waals surface area (Å²) in [5.74, 6) is 0. The molecule has 0 fully saturated rings. The molecule has 0 bridgehead atoms. The first-order valence-corrected chi connectivity index (χ1v) is 20.2. The number of fused-ring (bicyclic) bond motifs is 9. The largest absolute Gasteiger partial charge is 0.456 e. The highest BCUT2D eigenvalue weighted by molar-refractivity contribution is 6.15. The van der Waals surface area contributed by atoms with Crippen LogP contribution in [0, 0.1) is 0 Å². The van der Waals surface area contributed by atoms with E-state index in [0.717, 1.165) is 61.4 Å². The molecule has 12 rings (SSSR count). The minimum atomic E-state index is 0.880. The van der Waals surface area contributed by atoms with E-state index in [9.17, 15) is 0 Å². The van der Waals surface area contributed by atoms with Gasteiger partial charge in [-0.1, -0.05) is 146 Å². The Labute approximate surface area is 341 Å². The quantitative estimate of drug-likeness (QED) is 0.158. The third-order valence-electron chi connectivity index (χ3n) is 12.0. The predicted octanol–water partition coefficient (Wildman–Crippen LogP) is 15.8. The standard InChI is InChI=1S/C56H36N2O/c1-2-18-42-38(15-1)36-50(44-20-4-3-19-43(42)44)37-16-13-17-41(35-37)57(39-31-33-40(34-32-39)58-52-27-10-5-21-45(52)46-22-6-11-28-53(46)58)51-26-9-7-23-47(51)48-25-14-30-55-56(48)49-24-8-12-29-54(49)59-55/h1-36H. The van der Waals surface area contributed by atoms with Crippen molar-refractivity contribution < 1.29 is 4.42 Å². The lowest BCUT2D eigenvalue weighted by Crippen LogP contribution is -2.11. The molecule has 59 heavy (non-hydrogen) atoms. The van der Waals surface area contributed by atoms with E-state index in [1.54, 1.807) is 0 Å². The van der Waals surface area contributed by atoms with Crippen LogP contribution in [-0.2, 0) is 0 Å². The molecule has 2 heterocycles. The molecule has 0 aliphatic carbocycles. The lowest BCUT2D eigenvalue weighted by molar-refractivity contribution is 0.669. The summed E-state index contributed by atoms with van der Waals surface area (Å²) in [6.07, 6.45) is 0. The molecule has 2 aromatic heterocycles. The minimum absolute atomic E-state index is 0.880. The molecule has 0 aliphatic rings. The van der Waals surface area contributed by atoms with Gasteiger partial charge in [0.05, 0.1) is 16.7 Å². The maximum atomic E-state index is 6.41. The Morgan fingerprint density at radius 1 is 0.356 bits per heavy atom. The second-order valence-corrected chi connectivity index (χ2v) is 15.3. The monoisotopic (exact) mass is 752 g/mol. The fourth-order valence-corrected chi connectivity index (χ4v) is 9.38. The number of hydrogen-bond acceptors (Lipinski definition) is 2. The fourth-order valence-electron chi connectivity index (χ4n) is 9.38. The van der Waals surface area contributed by atoms with E-state index >= 15 is 0 Å². The van der Waals surface area contributed by atoms with Crippen LogP contribution in [0.1, 0.15) is 0 Å². The number of hydrogen-bond donors (Lipinski definition) is 0. The van der Waals surface area contributed by atoms with Crippen LogP contribution in [0.5, 0.6) is 0 Å². The highest BCUT2D eigenvalue weighted by Gasteiger charge is 2.22. The third kappa shape index (κ3) is 5.29. The summed E-state index contributed by atoms with van der Waals surface area (Å²) < 4.78 is 8.79. The Morgan fingerprint density at radius 3 is 1.75 bits per heavy atom. The Morgan fingerprint density at radius 2 is 0.949 bits per heavy atom. The van der Waals surface area contributed by atoms with Crippen molar-refractivity contribution in [1.29, 1.82) is 0 Å². The number of aromatic nitrogens is 1. The van der Waals surface area contributed by atoms with Crippen molar-refractivity contribution in [1.82, 2.24) is 4.57 Å². The van der Waals surface area contributed by atoms with Crippen LogP contribution < -0.4 is 4.90 Å². The molecule has 0 aliphatic heterocycles. The topological polar surface area (TPSA) is 21.3 Å². The van der Waals surface area contributed by atoms with Crippen LogP contribution in [-0.4, -0.2) is 4.57 Å². The summed E-state index contributed by atoms with van der Waals surface area (Å²) >= 11 is 0. The second kappa shape index (κ2) is 13.4. The van der Waals surface area contributed by atoms with Crippen LogP contribution in [0.2, 0.25) is 0 Å². The number of benzene rings is 10. The smallest absolute Gasteiger partial charge is 0.136 e. The van der Waals surface area contributed by atoms with Gasteiger partial charge in [0.2, 0.25) is 0 Å². The lowest BCUT2D eigenvalue weighted by atomic mass is 9.93. The van der Waals surface area contributed by atoms with Crippen LogP contribution in [0.3, 0.4) is 0 Å². The molecular weight excluding hydrogens is 717 g/mol. The van der Waals surface area contributed by atoms with Gasteiger partial charge in [0.15, 0.2) is 0 Å². The highest BCUT2D eigenvalue weighted by atomic mass is 16.3. The van der Waals surface area contributed by atoms with E-state index in [1.165, 1.54) is 48.9 Å². The van der Waals surface area contributed by atoms with Crippen molar-refractivity contribution in [2.45, 2.75) is 0 Å². The molecule has 0 N–H and O–H groups in total. The van der Waals surface area contributed by atoms with Gasteiger partial charge >= 0.3 is 0 Å². The number of anilines is 3. The van der Waals surface area contributed by atoms with Crippen molar-refractivity contribution in [3.8, 4) is 27.9 Å². The average molecular weight is 753 g/mol. The predicted molar refractivity (Wildman–Crippen MR) is 249 cm³/mol. The van der Waals surface area contributed by atoms with Crippen molar-refractivity contribution >= 4 is 82.4 Å². The third-order valence-corrected chi connectivity index (χ3v) is 12.0. The molecular formula is C56H36N2O. The molecule has 0 saturated heterocycles. The maximum Gasteiger partial charge on any atom is 0.136 e. The van der Waals surface area contributed by atoms with Gasteiger partial charge in [-0.05, 0) is 111 Å². The molecule has 276 valence electrons. The molecule has 3 nitrogen and oxygen atoms in total. The first kappa shape index (κ1) is 33.3. The first-order chi connectivity index (χ1) is 29.3. The summed E-state index contributed by atoms with van der Waals surface area (Å²) in [4.78, 5) is 2.42. The Bertz CT molecular complexity index is 3520. The second-order valence-electron chi connectivity index (χ2n) is 15.3. The SMILES string of the molecule is c1cc(-c2cc3ccccc3c3ccccc23)cc(N(c2ccc(-n3c4ccccc4c4ccccc43)cc2)c2ccccc2-c2cccc3oc4ccccc4c23)c1. The molecule has 0 spiro atoms. The van der Waals surface area contributed by atoms with Gasteiger partial charge in [-0.3, -0.25) is 0 Å². The Kier molecular flexibility index (Phi) is 7.54. The van der Waals surface area contributed by atoms with Gasteiger partial charge in [0.25, 0.3) is 0 Å². The first-order valence-electron chi connectivity index (χ1n) is 20.2. The van der Waals surface area contributed by atoms with E-state index < -0.39 is 0 Å². The normalized spacial score (nSPS) is 11.7. The summed E-state index contributed by atoms with van der Waals surface area (Å²) in [6, 6.07) is 78.8. The van der Waals surface area contributed by atoms with Gasteiger partial charge in [-0.15, -0.1) is 0 Å². The van der Waals surface area contributed by atoms with Crippen LogP contribution >= 0.6 is 0 Å². The van der Waals surface area contributed by atoms with Crippen molar-refractivity contribution in [3.63, 3.8) is 0 Å². The van der Waals surface area contributed by atoms with E-state index in [0.29, 0.717) is 0 Å². The molecule has 3 heteroatoms. The molecule has 0 amide bonds. The summed E-state index contributed by atoms with van der Waals surface area (Å²) in [6.45, 7) is 0. The lowest BCUT2D eigenvalue weighted by Gasteiger charge is -2.29. The number of nitrogens with zero attached hydrogens (tertiary/aromatic N) is 2. The Hall–Kier alpha value is -7.88. The van der Waals surface area contributed by atoms with Gasteiger partial charge in [-0.25, -0.2) is 0 Å². The van der Waals surface area contributed by atoms with Crippen LogP contribution in [0.25, 0.3) is 93.2 Å². The average Bonchev–Trinajstić information content (AvgIpc) is 3.86. The van der Waals surface area contributed by atoms with Crippen molar-refractivity contribution in [2.75, 3.05) is 4.90 Å². The molecule has 0 radical (unpaired) electrons. The molecule has 0 atom stereocenters. The number of furan rings is 1. The van der Waals surface area contributed by atoms with Crippen molar-refractivity contribution in [3.05, 3.63) is 218 Å². The van der Waals surface area contributed by atoms with E-state index in [2.05, 4.69) is 222 Å². The van der Waals surface area contributed by atoms with Gasteiger partial charge in [0.1, 0.15) is 11.2 Å². The summed E-state index contributed by atoms with van der Waals surface area (Å²) in [5.41, 5.74) is 13.1. The van der Waals surface area contributed by atoms with Gasteiger partial charge in [-0.2, -0.15) is 0 Å². The summed E-state index contributed by atoms with van der Waals surface area (Å²) in [7, 11) is 0. The molecule has 10 aromatic carbocycles. The minimum Gasteiger partial charge on any atom is -0.456 e. The molecule has 12 aromatic rings. The zero-order chi connectivity index (χ0) is 38.9. The van der Waals surface area contributed by atoms with Crippen molar-refractivity contribution in [2.24, 2.45) is 0 Å². The van der Waals surface area contributed by atoms with E-state index in [1.807, 2.05) is 6.07 Å². The van der Waals surface area contributed by atoms with E-state index in [-0.39, 0.29) is 0 Å². The zero-order valence-electron chi connectivity index (χ0n) is 32.1. The van der Waals surface area contributed by atoms with Crippen LogP contribution in [0.4, 0.5) is 17.1 Å². The molecule has 0 unspecified atom stereocenters. The number of para-hydroxylation sites is 4. The maximum absolute atomic E-state index is 6.41. The summed E-state index contributed by atoms with van der Waals surface area (Å²) in [5, 5.41) is 9.73. The number of rotatable bonds is 6. The van der Waals surface area contributed by atoms with E-state index in [4.69, 9.17) is 4.42 Å². The highest BCUT2D eigenvalue weighted by Crippen LogP contribution is 2.46. The van der Waals surface area contributed by atoms with Gasteiger partial charge in [0, 0.05) is 44.2 Å². The zero-order valence-corrected chi connectivity index (χ0v) is 32.1. The van der Waals surface area contributed by atoms with Crippen LogP contribution in [0.15, 0.2) is 223 Å². The molecule has 0 saturated carbocycles. The fraction of sp³-hybridized carbons (Fsp3) is 0. The Balaban J connectivity index is 1.08.